The zero-order valence-corrected chi connectivity index (χ0v) is 14.4. The lowest BCUT2D eigenvalue weighted by Crippen LogP contribution is -2.62. The van der Waals surface area contributed by atoms with Crippen molar-refractivity contribution >= 4 is 18.3 Å². The van der Waals surface area contributed by atoms with E-state index in [0.29, 0.717) is 0 Å². The second-order valence-corrected chi connectivity index (χ2v) is 7.29. The van der Waals surface area contributed by atoms with E-state index in [-0.39, 0.29) is 35.4 Å². The molecule has 0 saturated carbocycles. The van der Waals surface area contributed by atoms with Crippen molar-refractivity contribution in [1.29, 1.82) is 0 Å². The molecule has 21 heavy (non-hydrogen) atoms. The van der Waals surface area contributed by atoms with Gasteiger partial charge in [-0.1, -0.05) is 18.2 Å². The van der Waals surface area contributed by atoms with Crippen molar-refractivity contribution in [2.24, 2.45) is 0 Å². The standard InChI is InChI=1S/C17H26N2O.ClH/c1-12-8-6-7-9-14(12)15(20)18-13-10-16(2,3)19-17(4,5)11-13;/h6-9,13,19H,10-11H2,1-5H3,(H,18,20);1H. The third-order valence-corrected chi connectivity index (χ3v) is 3.92. The molecule has 0 unspecified atom stereocenters. The molecule has 2 rings (SSSR count). The van der Waals surface area contributed by atoms with Crippen molar-refractivity contribution in [2.75, 3.05) is 0 Å². The van der Waals surface area contributed by atoms with Crippen LogP contribution in [0.15, 0.2) is 24.3 Å². The van der Waals surface area contributed by atoms with Crippen molar-refractivity contribution in [2.45, 2.75) is 64.6 Å². The van der Waals surface area contributed by atoms with E-state index in [4.69, 9.17) is 0 Å². The van der Waals surface area contributed by atoms with E-state index in [2.05, 4.69) is 38.3 Å². The number of nitrogens with one attached hydrogen (secondary N) is 2. The fraction of sp³-hybridized carbons (Fsp3) is 0.588. The lowest BCUT2D eigenvalue weighted by atomic mass is 9.79. The van der Waals surface area contributed by atoms with Gasteiger partial charge in [-0.3, -0.25) is 4.79 Å². The molecule has 2 N–H and O–H groups in total. The second-order valence-electron chi connectivity index (χ2n) is 7.29. The van der Waals surface area contributed by atoms with Crippen LogP contribution in [-0.2, 0) is 0 Å². The van der Waals surface area contributed by atoms with Gasteiger partial charge in [-0.15, -0.1) is 12.4 Å². The molecule has 1 heterocycles. The van der Waals surface area contributed by atoms with Gasteiger partial charge in [-0.25, -0.2) is 0 Å². The predicted octanol–water partition coefficient (Wildman–Crippen LogP) is 3.46. The summed E-state index contributed by atoms with van der Waals surface area (Å²) < 4.78 is 0. The minimum absolute atomic E-state index is 0. The number of benzene rings is 1. The van der Waals surface area contributed by atoms with Crippen molar-refractivity contribution in [3.63, 3.8) is 0 Å². The Bertz CT molecular complexity index is 495. The maximum absolute atomic E-state index is 12.4. The number of aryl methyl sites for hydroxylation is 1. The number of carbonyl (C=O) groups is 1. The van der Waals surface area contributed by atoms with E-state index in [1.807, 2.05) is 31.2 Å². The molecule has 1 aromatic rings. The molecule has 0 aliphatic carbocycles. The first kappa shape index (κ1) is 18.0. The highest BCUT2D eigenvalue weighted by Gasteiger charge is 2.38. The molecule has 1 saturated heterocycles. The lowest BCUT2D eigenvalue weighted by Gasteiger charge is -2.46. The van der Waals surface area contributed by atoms with Crippen LogP contribution < -0.4 is 10.6 Å². The number of hydrogen-bond donors (Lipinski definition) is 2. The van der Waals surface area contributed by atoms with Crippen molar-refractivity contribution in [1.82, 2.24) is 10.6 Å². The maximum atomic E-state index is 12.4. The highest BCUT2D eigenvalue weighted by molar-refractivity contribution is 5.95. The molecule has 1 aliphatic heterocycles. The molecule has 0 atom stereocenters. The average molecular weight is 311 g/mol. The Hall–Kier alpha value is -1.06. The number of carbonyl (C=O) groups excluding carboxylic acids is 1. The summed E-state index contributed by atoms with van der Waals surface area (Å²) in [6.45, 7) is 10.8. The van der Waals surface area contributed by atoms with Gasteiger partial charge in [0.05, 0.1) is 0 Å². The molecule has 0 radical (unpaired) electrons. The van der Waals surface area contributed by atoms with Crippen molar-refractivity contribution in [3.05, 3.63) is 35.4 Å². The van der Waals surface area contributed by atoms with E-state index in [1.54, 1.807) is 0 Å². The minimum Gasteiger partial charge on any atom is -0.349 e. The van der Waals surface area contributed by atoms with Gasteiger partial charge in [0.15, 0.2) is 0 Å². The van der Waals surface area contributed by atoms with Crippen LogP contribution in [0.2, 0.25) is 0 Å². The van der Waals surface area contributed by atoms with Gasteiger partial charge in [0.1, 0.15) is 0 Å². The first-order valence-electron chi connectivity index (χ1n) is 7.34. The summed E-state index contributed by atoms with van der Waals surface area (Å²) in [5.74, 6) is 0.0431. The van der Waals surface area contributed by atoms with Gasteiger partial charge in [0.2, 0.25) is 0 Å². The fourth-order valence-electron chi connectivity index (χ4n) is 3.52. The smallest absolute Gasteiger partial charge is 0.251 e. The summed E-state index contributed by atoms with van der Waals surface area (Å²) in [5.41, 5.74) is 1.90. The number of amides is 1. The van der Waals surface area contributed by atoms with Gasteiger partial charge < -0.3 is 10.6 Å². The molecule has 4 heteroatoms. The van der Waals surface area contributed by atoms with E-state index >= 15 is 0 Å². The van der Waals surface area contributed by atoms with Crippen molar-refractivity contribution < 1.29 is 4.79 Å². The Morgan fingerprint density at radius 1 is 1.14 bits per heavy atom. The average Bonchev–Trinajstić information content (AvgIpc) is 2.24. The number of rotatable bonds is 2. The summed E-state index contributed by atoms with van der Waals surface area (Å²) in [6, 6.07) is 7.96. The summed E-state index contributed by atoms with van der Waals surface area (Å²) in [4.78, 5) is 12.4. The van der Waals surface area contributed by atoms with Crippen LogP contribution in [0.3, 0.4) is 0 Å². The van der Waals surface area contributed by atoms with E-state index in [1.165, 1.54) is 0 Å². The molecule has 118 valence electrons. The van der Waals surface area contributed by atoms with E-state index < -0.39 is 0 Å². The van der Waals surface area contributed by atoms with Gasteiger partial charge in [0, 0.05) is 22.7 Å². The summed E-state index contributed by atoms with van der Waals surface area (Å²) >= 11 is 0. The van der Waals surface area contributed by atoms with Crippen molar-refractivity contribution in [3.8, 4) is 0 Å². The topological polar surface area (TPSA) is 41.1 Å². The van der Waals surface area contributed by atoms with Gasteiger partial charge in [0.25, 0.3) is 5.91 Å². The molecule has 3 nitrogen and oxygen atoms in total. The van der Waals surface area contributed by atoms with Gasteiger partial charge in [-0.2, -0.15) is 0 Å². The Labute approximate surface area is 134 Å². The summed E-state index contributed by atoms with van der Waals surface area (Å²) in [6.07, 6.45) is 1.90. The highest BCUT2D eigenvalue weighted by Crippen LogP contribution is 2.28. The predicted molar refractivity (Wildman–Crippen MR) is 90.2 cm³/mol. The van der Waals surface area contributed by atoms with Crippen LogP contribution >= 0.6 is 12.4 Å². The van der Waals surface area contributed by atoms with E-state index in [0.717, 1.165) is 24.0 Å². The molecular weight excluding hydrogens is 284 g/mol. The van der Waals surface area contributed by atoms with Gasteiger partial charge in [-0.05, 0) is 59.1 Å². The molecule has 1 amide bonds. The zero-order valence-electron chi connectivity index (χ0n) is 13.6. The lowest BCUT2D eigenvalue weighted by molar-refractivity contribution is 0.0872. The summed E-state index contributed by atoms with van der Waals surface area (Å²) in [5, 5.41) is 6.84. The molecule has 1 aliphatic rings. The third kappa shape index (κ3) is 4.72. The third-order valence-electron chi connectivity index (χ3n) is 3.92. The maximum Gasteiger partial charge on any atom is 0.251 e. The quantitative estimate of drug-likeness (QED) is 0.878. The molecule has 0 spiro atoms. The Morgan fingerprint density at radius 2 is 1.67 bits per heavy atom. The van der Waals surface area contributed by atoms with Crippen LogP contribution in [-0.4, -0.2) is 23.0 Å². The van der Waals surface area contributed by atoms with Gasteiger partial charge >= 0.3 is 0 Å². The normalized spacial score (nSPS) is 20.4. The fourth-order valence-corrected chi connectivity index (χ4v) is 3.52. The molecule has 1 fully saturated rings. The highest BCUT2D eigenvalue weighted by atomic mass is 35.5. The SMILES string of the molecule is Cc1ccccc1C(=O)NC1CC(C)(C)NC(C)(C)C1.Cl. The van der Waals surface area contributed by atoms with E-state index in [9.17, 15) is 4.79 Å². The first-order chi connectivity index (χ1) is 9.19. The summed E-state index contributed by atoms with van der Waals surface area (Å²) in [7, 11) is 0. The monoisotopic (exact) mass is 310 g/mol. The number of halogens is 1. The van der Waals surface area contributed by atoms with Crippen LogP contribution in [0.4, 0.5) is 0 Å². The molecule has 1 aromatic carbocycles. The molecule has 0 aromatic heterocycles. The molecule has 0 bridgehead atoms. The molecular formula is C17H27ClN2O. The second kappa shape index (κ2) is 6.37. The Kier molecular flexibility index (Phi) is 5.46. The van der Waals surface area contributed by atoms with Crippen LogP contribution in [0.5, 0.6) is 0 Å². The number of piperidine rings is 1. The first-order valence-corrected chi connectivity index (χ1v) is 7.34. The Balaban J connectivity index is 0.00000220. The van der Waals surface area contributed by atoms with Crippen LogP contribution in [0.1, 0.15) is 56.5 Å². The zero-order chi connectivity index (χ0) is 15.0. The largest absolute Gasteiger partial charge is 0.349 e. The number of hydrogen-bond acceptors (Lipinski definition) is 2. The van der Waals surface area contributed by atoms with Crippen LogP contribution in [0, 0.1) is 6.92 Å². The minimum atomic E-state index is 0. The Morgan fingerprint density at radius 3 is 2.19 bits per heavy atom. The van der Waals surface area contributed by atoms with Crippen LogP contribution in [0.25, 0.3) is 0 Å².